The Balaban J connectivity index is 2.01. The van der Waals surface area contributed by atoms with Crippen LogP contribution in [0, 0.1) is 0 Å². The van der Waals surface area contributed by atoms with Gasteiger partial charge in [-0.3, -0.25) is 9.29 Å². The van der Waals surface area contributed by atoms with E-state index in [2.05, 4.69) is 20.7 Å². The summed E-state index contributed by atoms with van der Waals surface area (Å²) in [6.45, 7) is 0. The number of nitrogens with zero attached hydrogens (tertiary/aromatic N) is 1. The van der Waals surface area contributed by atoms with E-state index in [0.717, 1.165) is 4.47 Å². The molecule has 0 spiro atoms. The van der Waals surface area contributed by atoms with Gasteiger partial charge in [0.2, 0.25) is 0 Å². The van der Waals surface area contributed by atoms with Gasteiger partial charge in [0.25, 0.3) is 10.0 Å². The zero-order valence-corrected chi connectivity index (χ0v) is 13.8. The maximum absolute atomic E-state index is 12.4. The number of sulfonamides is 1. The summed E-state index contributed by atoms with van der Waals surface area (Å²) < 4.78 is 34.4. The number of halogens is 1. The summed E-state index contributed by atoms with van der Waals surface area (Å²) in [5.41, 5.74) is 1.21. The van der Waals surface area contributed by atoms with Crippen LogP contribution < -0.4 is 10.5 Å². The molecule has 0 aliphatic rings. The molecule has 0 saturated carbocycles. The van der Waals surface area contributed by atoms with Gasteiger partial charge in [-0.15, -0.1) is 0 Å². The number of rotatable bonds is 3. The molecule has 0 saturated heterocycles. The summed E-state index contributed by atoms with van der Waals surface area (Å²) in [6.07, 6.45) is 0. The number of benzene rings is 2. The van der Waals surface area contributed by atoms with E-state index in [9.17, 15) is 13.2 Å². The van der Waals surface area contributed by atoms with E-state index >= 15 is 0 Å². The molecule has 1 aromatic heterocycles. The molecule has 2 aromatic carbocycles. The molecule has 0 aliphatic carbocycles. The first-order chi connectivity index (χ1) is 10.4. The van der Waals surface area contributed by atoms with Crippen LogP contribution in [0.3, 0.4) is 0 Å². The van der Waals surface area contributed by atoms with Crippen molar-refractivity contribution in [1.82, 2.24) is 4.57 Å². The molecule has 6 nitrogen and oxygen atoms in total. The molecule has 3 rings (SSSR count). The van der Waals surface area contributed by atoms with Crippen LogP contribution in [-0.2, 0) is 17.1 Å². The summed E-state index contributed by atoms with van der Waals surface area (Å²) in [5.74, 6) is -0.537. The lowest BCUT2D eigenvalue weighted by Crippen LogP contribution is -2.12. The van der Waals surface area contributed by atoms with Gasteiger partial charge in [0, 0.05) is 23.3 Å². The summed E-state index contributed by atoms with van der Waals surface area (Å²) in [4.78, 5) is 11.5. The van der Waals surface area contributed by atoms with E-state index in [1.54, 1.807) is 31.3 Å². The molecule has 0 radical (unpaired) electrons. The third-order valence-electron chi connectivity index (χ3n) is 3.17. The van der Waals surface area contributed by atoms with Gasteiger partial charge in [-0.2, -0.15) is 0 Å². The van der Waals surface area contributed by atoms with Gasteiger partial charge in [0.05, 0.1) is 10.4 Å². The van der Waals surface area contributed by atoms with Crippen LogP contribution in [0.15, 0.2) is 61.0 Å². The smallest absolute Gasteiger partial charge is 0.408 e. The fourth-order valence-corrected chi connectivity index (χ4v) is 3.35. The SMILES string of the molecule is Cn1c(=O)oc2cc(S(=O)(=O)Nc3ccc(Br)cc3)ccc21. The van der Waals surface area contributed by atoms with Crippen molar-refractivity contribution in [2.24, 2.45) is 7.05 Å². The molecule has 1 heterocycles. The van der Waals surface area contributed by atoms with Gasteiger partial charge < -0.3 is 4.42 Å². The first-order valence-corrected chi connectivity index (χ1v) is 8.52. The Labute approximate surface area is 134 Å². The van der Waals surface area contributed by atoms with Crippen molar-refractivity contribution in [1.29, 1.82) is 0 Å². The van der Waals surface area contributed by atoms with Crippen LogP contribution in [0.5, 0.6) is 0 Å². The van der Waals surface area contributed by atoms with Crippen molar-refractivity contribution >= 4 is 42.7 Å². The molecule has 1 N–H and O–H groups in total. The van der Waals surface area contributed by atoms with E-state index in [4.69, 9.17) is 4.42 Å². The maximum Gasteiger partial charge on any atom is 0.419 e. The number of hydrogen-bond donors (Lipinski definition) is 1. The Kier molecular flexibility index (Phi) is 3.57. The van der Waals surface area contributed by atoms with Crippen LogP contribution in [0.25, 0.3) is 11.1 Å². The molecule has 0 atom stereocenters. The van der Waals surface area contributed by atoms with Gasteiger partial charge in [-0.05, 0) is 36.4 Å². The average Bonchev–Trinajstić information content (AvgIpc) is 2.76. The maximum atomic E-state index is 12.4. The van der Waals surface area contributed by atoms with Crippen molar-refractivity contribution in [3.63, 3.8) is 0 Å². The van der Waals surface area contributed by atoms with E-state index in [1.165, 1.54) is 22.8 Å². The molecule has 0 amide bonds. The highest BCUT2D eigenvalue weighted by atomic mass is 79.9. The zero-order valence-electron chi connectivity index (χ0n) is 11.4. The molecular formula is C14H11BrN2O4S. The largest absolute Gasteiger partial charge is 0.419 e. The minimum absolute atomic E-state index is 0.0252. The fraction of sp³-hybridized carbons (Fsp3) is 0.0714. The van der Waals surface area contributed by atoms with Crippen molar-refractivity contribution in [3.05, 3.63) is 57.5 Å². The lowest BCUT2D eigenvalue weighted by Gasteiger charge is -2.08. The third-order valence-corrected chi connectivity index (χ3v) is 5.08. The fourth-order valence-electron chi connectivity index (χ4n) is 2.01. The van der Waals surface area contributed by atoms with E-state index < -0.39 is 15.8 Å². The van der Waals surface area contributed by atoms with Gasteiger partial charge in [-0.25, -0.2) is 13.2 Å². The van der Waals surface area contributed by atoms with E-state index in [-0.39, 0.29) is 10.5 Å². The molecule has 3 aromatic rings. The van der Waals surface area contributed by atoms with Crippen LogP contribution in [-0.4, -0.2) is 13.0 Å². The first-order valence-electron chi connectivity index (χ1n) is 6.25. The van der Waals surface area contributed by atoms with E-state index in [1.807, 2.05) is 0 Å². The normalized spacial score (nSPS) is 11.7. The summed E-state index contributed by atoms with van der Waals surface area (Å²) >= 11 is 3.28. The highest BCUT2D eigenvalue weighted by Gasteiger charge is 2.17. The summed E-state index contributed by atoms with van der Waals surface area (Å²) in [7, 11) is -2.20. The van der Waals surface area contributed by atoms with Gasteiger partial charge in [0.15, 0.2) is 5.58 Å². The van der Waals surface area contributed by atoms with Gasteiger partial charge in [0.1, 0.15) is 0 Å². The lowest BCUT2D eigenvalue weighted by molar-refractivity contribution is 0.527. The monoisotopic (exact) mass is 382 g/mol. The number of anilines is 1. The number of nitrogens with one attached hydrogen (secondary N) is 1. The van der Waals surface area contributed by atoms with E-state index in [0.29, 0.717) is 11.2 Å². The molecular weight excluding hydrogens is 372 g/mol. The second-order valence-corrected chi connectivity index (χ2v) is 7.27. The highest BCUT2D eigenvalue weighted by Crippen LogP contribution is 2.21. The molecule has 8 heteroatoms. The third kappa shape index (κ3) is 2.67. The first kappa shape index (κ1) is 14.9. The number of hydrogen-bond acceptors (Lipinski definition) is 4. The molecule has 0 fully saturated rings. The number of aromatic nitrogens is 1. The Bertz CT molecular complexity index is 1000. The van der Waals surface area contributed by atoms with Gasteiger partial charge in [-0.1, -0.05) is 15.9 Å². The summed E-state index contributed by atoms with van der Waals surface area (Å²) in [5, 5.41) is 0. The highest BCUT2D eigenvalue weighted by molar-refractivity contribution is 9.10. The molecule has 0 bridgehead atoms. The minimum atomic E-state index is -3.76. The predicted octanol–water partition coefficient (Wildman–Crippen LogP) is 2.69. The molecule has 114 valence electrons. The average molecular weight is 383 g/mol. The van der Waals surface area contributed by atoms with Crippen molar-refractivity contribution < 1.29 is 12.8 Å². The second-order valence-electron chi connectivity index (χ2n) is 4.67. The van der Waals surface area contributed by atoms with Gasteiger partial charge >= 0.3 is 5.76 Å². The predicted molar refractivity (Wildman–Crippen MR) is 86.4 cm³/mol. The number of fused-ring (bicyclic) bond motifs is 1. The van der Waals surface area contributed by atoms with Crippen LogP contribution >= 0.6 is 15.9 Å². The molecule has 22 heavy (non-hydrogen) atoms. The standard InChI is InChI=1S/C14H11BrN2O4S/c1-17-12-7-6-11(8-13(12)21-14(17)18)22(19,20)16-10-4-2-9(15)3-5-10/h2-8,16H,1H3. The Morgan fingerprint density at radius 1 is 1.14 bits per heavy atom. The Morgan fingerprint density at radius 2 is 1.82 bits per heavy atom. The number of aryl methyl sites for hydroxylation is 1. The van der Waals surface area contributed by atoms with Crippen molar-refractivity contribution in [2.45, 2.75) is 4.90 Å². The second kappa shape index (κ2) is 5.29. The van der Waals surface area contributed by atoms with Crippen molar-refractivity contribution in [3.8, 4) is 0 Å². The topological polar surface area (TPSA) is 81.3 Å². The van der Waals surface area contributed by atoms with Crippen LogP contribution in [0.1, 0.15) is 0 Å². The van der Waals surface area contributed by atoms with Crippen LogP contribution in [0.4, 0.5) is 5.69 Å². The minimum Gasteiger partial charge on any atom is -0.408 e. The number of oxazole rings is 1. The molecule has 0 aliphatic heterocycles. The van der Waals surface area contributed by atoms with Crippen molar-refractivity contribution in [2.75, 3.05) is 4.72 Å². The van der Waals surface area contributed by atoms with Crippen LogP contribution in [0.2, 0.25) is 0 Å². The molecule has 0 unspecified atom stereocenters. The quantitative estimate of drug-likeness (QED) is 0.754. The summed E-state index contributed by atoms with van der Waals surface area (Å²) in [6, 6.07) is 11.0. The Hall–Kier alpha value is -2.06. The lowest BCUT2D eigenvalue weighted by atomic mass is 10.3. The Morgan fingerprint density at radius 3 is 2.50 bits per heavy atom. The zero-order chi connectivity index (χ0) is 15.9.